The van der Waals surface area contributed by atoms with Gasteiger partial charge in [-0.3, -0.25) is 9.58 Å². The summed E-state index contributed by atoms with van der Waals surface area (Å²) in [6.07, 6.45) is 1.96. The molecule has 17 heavy (non-hydrogen) atoms. The van der Waals surface area contributed by atoms with Crippen molar-refractivity contribution >= 4 is 5.82 Å². The third-order valence-corrected chi connectivity index (χ3v) is 3.39. The minimum absolute atomic E-state index is 0.166. The average molecular weight is 237 g/mol. The number of aryl methyl sites for hydroxylation is 1. The molecule has 2 heterocycles. The van der Waals surface area contributed by atoms with Gasteiger partial charge in [0.05, 0.1) is 0 Å². The first-order chi connectivity index (χ1) is 8.08. The van der Waals surface area contributed by atoms with Crippen molar-refractivity contribution in [3.63, 3.8) is 0 Å². The van der Waals surface area contributed by atoms with Crippen LogP contribution in [-0.4, -0.2) is 52.9 Å². The molecule has 1 aromatic heterocycles. The first-order valence-corrected chi connectivity index (χ1v) is 6.27. The Bertz CT molecular complexity index is 352. The molecule has 5 nitrogen and oxygen atoms in total. The van der Waals surface area contributed by atoms with Crippen molar-refractivity contribution in [3.05, 3.63) is 12.3 Å². The molecule has 0 atom stereocenters. The van der Waals surface area contributed by atoms with E-state index in [4.69, 9.17) is 0 Å². The third kappa shape index (κ3) is 3.20. The Balaban J connectivity index is 1.87. The Morgan fingerprint density at radius 3 is 2.71 bits per heavy atom. The summed E-state index contributed by atoms with van der Waals surface area (Å²) in [5, 5.41) is 11.1. The summed E-state index contributed by atoms with van der Waals surface area (Å²) in [5.74, 6) is 0.954. The predicted molar refractivity (Wildman–Crippen MR) is 70.2 cm³/mol. The van der Waals surface area contributed by atoms with Crippen LogP contribution < -0.4 is 10.6 Å². The molecule has 0 bridgehead atoms. The zero-order chi connectivity index (χ0) is 12.3. The van der Waals surface area contributed by atoms with Crippen LogP contribution in [0.1, 0.15) is 13.8 Å². The van der Waals surface area contributed by atoms with Crippen molar-refractivity contribution < 1.29 is 0 Å². The second-order valence-electron chi connectivity index (χ2n) is 5.28. The zero-order valence-electron chi connectivity index (χ0n) is 11.0. The molecule has 1 fully saturated rings. The van der Waals surface area contributed by atoms with Crippen molar-refractivity contribution in [1.82, 2.24) is 20.0 Å². The molecule has 96 valence electrons. The van der Waals surface area contributed by atoms with Gasteiger partial charge in [-0.25, -0.2) is 0 Å². The number of hydrogen-bond acceptors (Lipinski definition) is 4. The molecule has 0 aliphatic carbocycles. The standard InChI is InChI=1S/C12H23N5/c1-12(2,17-8-5-13-6-9-17)10-14-11-4-7-16(3)15-11/h4,7,13H,5-6,8-10H2,1-3H3,(H,14,15). The normalized spacial score (nSPS) is 18.3. The highest BCUT2D eigenvalue weighted by Crippen LogP contribution is 2.15. The van der Waals surface area contributed by atoms with E-state index in [-0.39, 0.29) is 5.54 Å². The van der Waals surface area contributed by atoms with Crippen molar-refractivity contribution in [1.29, 1.82) is 0 Å². The smallest absolute Gasteiger partial charge is 0.148 e. The first-order valence-electron chi connectivity index (χ1n) is 6.27. The molecule has 2 rings (SSSR count). The Morgan fingerprint density at radius 1 is 1.41 bits per heavy atom. The fourth-order valence-electron chi connectivity index (χ4n) is 2.20. The Morgan fingerprint density at radius 2 is 2.12 bits per heavy atom. The molecular formula is C12H23N5. The first kappa shape index (κ1) is 12.4. The highest BCUT2D eigenvalue weighted by molar-refractivity contribution is 5.32. The van der Waals surface area contributed by atoms with Crippen LogP contribution in [0.3, 0.4) is 0 Å². The van der Waals surface area contributed by atoms with E-state index < -0.39 is 0 Å². The van der Waals surface area contributed by atoms with Crippen molar-refractivity contribution in [2.75, 3.05) is 38.0 Å². The van der Waals surface area contributed by atoms with Gasteiger partial charge in [0.1, 0.15) is 5.82 Å². The maximum absolute atomic E-state index is 4.33. The average Bonchev–Trinajstić information content (AvgIpc) is 2.74. The lowest BCUT2D eigenvalue weighted by molar-refractivity contribution is 0.114. The number of nitrogens with zero attached hydrogens (tertiary/aromatic N) is 3. The van der Waals surface area contributed by atoms with Gasteiger partial charge in [0.15, 0.2) is 0 Å². The lowest BCUT2D eigenvalue weighted by atomic mass is 10.0. The molecular weight excluding hydrogens is 214 g/mol. The molecule has 0 aromatic carbocycles. The van der Waals surface area contributed by atoms with Crippen LogP contribution in [-0.2, 0) is 7.05 Å². The van der Waals surface area contributed by atoms with E-state index in [1.807, 2.05) is 24.0 Å². The van der Waals surface area contributed by atoms with E-state index in [0.29, 0.717) is 0 Å². The minimum atomic E-state index is 0.166. The number of piperazine rings is 1. The van der Waals surface area contributed by atoms with Gasteiger partial charge in [-0.1, -0.05) is 0 Å². The largest absolute Gasteiger partial charge is 0.367 e. The lowest BCUT2D eigenvalue weighted by Crippen LogP contribution is -2.56. The van der Waals surface area contributed by atoms with E-state index in [1.54, 1.807) is 0 Å². The SMILES string of the molecule is Cn1ccc(NCC(C)(C)N2CCNCC2)n1. The molecule has 0 spiro atoms. The molecule has 1 saturated heterocycles. The Kier molecular flexibility index (Phi) is 3.69. The maximum atomic E-state index is 4.33. The van der Waals surface area contributed by atoms with Crippen LogP contribution in [0.5, 0.6) is 0 Å². The van der Waals surface area contributed by atoms with E-state index in [2.05, 4.69) is 34.5 Å². The zero-order valence-corrected chi connectivity index (χ0v) is 11.0. The van der Waals surface area contributed by atoms with Crippen LogP contribution in [0.25, 0.3) is 0 Å². The van der Waals surface area contributed by atoms with Crippen LogP contribution in [0.15, 0.2) is 12.3 Å². The summed E-state index contributed by atoms with van der Waals surface area (Å²) >= 11 is 0. The summed E-state index contributed by atoms with van der Waals surface area (Å²) in [4.78, 5) is 2.53. The molecule has 1 aliphatic heterocycles. The predicted octanol–water partition coefficient (Wildman–Crippen LogP) is 0.516. The molecule has 1 aliphatic rings. The van der Waals surface area contributed by atoms with Gasteiger partial charge < -0.3 is 10.6 Å². The summed E-state index contributed by atoms with van der Waals surface area (Å²) in [7, 11) is 1.94. The van der Waals surface area contributed by atoms with Crippen molar-refractivity contribution in [2.45, 2.75) is 19.4 Å². The summed E-state index contributed by atoms with van der Waals surface area (Å²) in [6, 6.07) is 2.01. The highest BCUT2D eigenvalue weighted by Gasteiger charge is 2.27. The number of hydrogen-bond donors (Lipinski definition) is 2. The third-order valence-electron chi connectivity index (χ3n) is 3.39. The second-order valence-corrected chi connectivity index (χ2v) is 5.28. The van der Waals surface area contributed by atoms with E-state index in [0.717, 1.165) is 38.5 Å². The molecule has 0 radical (unpaired) electrons. The van der Waals surface area contributed by atoms with Crippen LogP contribution in [0.4, 0.5) is 5.82 Å². The Labute approximate surface area is 103 Å². The van der Waals surface area contributed by atoms with E-state index in [1.165, 1.54) is 0 Å². The molecule has 0 saturated carbocycles. The number of nitrogens with one attached hydrogen (secondary N) is 2. The van der Waals surface area contributed by atoms with Gasteiger partial charge in [0.25, 0.3) is 0 Å². The van der Waals surface area contributed by atoms with Crippen LogP contribution in [0.2, 0.25) is 0 Å². The number of rotatable bonds is 4. The van der Waals surface area contributed by atoms with Gasteiger partial charge in [0, 0.05) is 57.6 Å². The molecule has 2 N–H and O–H groups in total. The molecule has 0 amide bonds. The number of aromatic nitrogens is 2. The summed E-state index contributed by atoms with van der Waals surface area (Å²) in [6.45, 7) is 9.92. The summed E-state index contributed by atoms with van der Waals surface area (Å²) in [5.41, 5.74) is 0.166. The van der Waals surface area contributed by atoms with Crippen LogP contribution in [0, 0.1) is 0 Å². The Hall–Kier alpha value is -1.07. The molecule has 1 aromatic rings. The maximum Gasteiger partial charge on any atom is 0.148 e. The van der Waals surface area contributed by atoms with Gasteiger partial charge in [0.2, 0.25) is 0 Å². The number of anilines is 1. The minimum Gasteiger partial charge on any atom is -0.367 e. The van der Waals surface area contributed by atoms with Gasteiger partial charge in [-0.15, -0.1) is 0 Å². The van der Waals surface area contributed by atoms with Crippen LogP contribution >= 0.6 is 0 Å². The van der Waals surface area contributed by atoms with Crippen molar-refractivity contribution in [2.24, 2.45) is 7.05 Å². The lowest BCUT2D eigenvalue weighted by Gasteiger charge is -2.41. The molecule has 5 heteroatoms. The monoisotopic (exact) mass is 237 g/mol. The van der Waals surface area contributed by atoms with E-state index >= 15 is 0 Å². The van der Waals surface area contributed by atoms with E-state index in [9.17, 15) is 0 Å². The van der Waals surface area contributed by atoms with Gasteiger partial charge in [-0.05, 0) is 13.8 Å². The van der Waals surface area contributed by atoms with Gasteiger partial charge >= 0.3 is 0 Å². The topological polar surface area (TPSA) is 45.1 Å². The summed E-state index contributed by atoms with van der Waals surface area (Å²) < 4.78 is 1.82. The fraction of sp³-hybridized carbons (Fsp3) is 0.750. The second kappa shape index (κ2) is 5.06. The van der Waals surface area contributed by atoms with Gasteiger partial charge in [-0.2, -0.15) is 5.10 Å². The quantitative estimate of drug-likeness (QED) is 0.801. The molecule has 0 unspecified atom stereocenters. The van der Waals surface area contributed by atoms with Crippen molar-refractivity contribution in [3.8, 4) is 0 Å². The highest BCUT2D eigenvalue weighted by atomic mass is 15.3. The fourth-order valence-corrected chi connectivity index (χ4v) is 2.20.